The minimum atomic E-state index is -1.03. The number of hydrogen-bond acceptors (Lipinski definition) is 8. The van der Waals surface area contributed by atoms with Crippen LogP contribution in [-0.4, -0.2) is 79.2 Å². The number of halogens is 2. The van der Waals surface area contributed by atoms with E-state index in [-0.39, 0.29) is 25.5 Å². The van der Waals surface area contributed by atoms with E-state index in [1.807, 2.05) is 43.5 Å². The number of alkyl halides is 1. The van der Waals surface area contributed by atoms with E-state index in [2.05, 4.69) is 20.2 Å². The third-order valence-electron chi connectivity index (χ3n) is 8.99. The van der Waals surface area contributed by atoms with E-state index in [4.69, 9.17) is 21.4 Å². The number of aromatic nitrogens is 5. The van der Waals surface area contributed by atoms with Gasteiger partial charge in [0.25, 0.3) is 5.91 Å². The standard InChI is InChI=1S/C33H35ClFN7O3S/c1-20-14-25(22-2-4-24(5-3-22)45-12-11-40-9-6-21(18-43)7-10-40)28(34)29-26(20)17-42(39-29)31(32(44)38-33-36-8-13-46-33)30-27-15-23(35)16-41(27)19-37-30/h2-5,8,13-14,17,19,21,23,31,43H,6-7,9-12,15-16,18H2,1H3,(H,36,38,44)/t23-,31-/m1/s1. The first kappa shape index (κ1) is 30.8. The highest BCUT2D eigenvalue weighted by atomic mass is 35.5. The SMILES string of the molecule is Cc1cc(-c2ccc(OCCN3CCC(CO)CC3)cc2)c(Cl)c2nn([C@@H](C(=O)Nc3nccs3)c3ncn4c3C[C@@H](F)C4)cc12. The largest absolute Gasteiger partial charge is 0.492 e. The third kappa shape index (κ3) is 6.14. The van der Waals surface area contributed by atoms with Gasteiger partial charge in [0.15, 0.2) is 11.2 Å². The summed E-state index contributed by atoms with van der Waals surface area (Å²) in [6.45, 7) is 5.90. The van der Waals surface area contributed by atoms with Crippen molar-refractivity contribution in [2.45, 2.75) is 44.9 Å². The van der Waals surface area contributed by atoms with Crippen LogP contribution in [0.5, 0.6) is 5.75 Å². The number of aliphatic hydroxyl groups excluding tert-OH is 1. The lowest BCUT2D eigenvalue weighted by Gasteiger charge is -2.30. The minimum Gasteiger partial charge on any atom is -0.492 e. The lowest BCUT2D eigenvalue weighted by atomic mass is 9.98. The lowest BCUT2D eigenvalue weighted by Crippen LogP contribution is -2.37. The number of rotatable bonds is 10. The molecule has 2 aliphatic heterocycles. The summed E-state index contributed by atoms with van der Waals surface area (Å²) in [5.74, 6) is 0.834. The summed E-state index contributed by atoms with van der Waals surface area (Å²) in [5, 5.41) is 20.6. The first-order chi connectivity index (χ1) is 22.4. The molecule has 0 spiro atoms. The van der Waals surface area contributed by atoms with Gasteiger partial charge >= 0.3 is 0 Å². The summed E-state index contributed by atoms with van der Waals surface area (Å²) < 4.78 is 23.7. The average Bonchev–Trinajstić information content (AvgIpc) is 3.87. The number of aryl methyl sites for hydroxylation is 1. The van der Waals surface area contributed by atoms with Crippen molar-refractivity contribution in [3.63, 3.8) is 0 Å². The van der Waals surface area contributed by atoms with E-state index in [9.17, 15) is 14.3 Å². The van der Waals surface area contributed by atoms with Gasteiger partial charge in [0.2, 0.25) is 0 Å². The maximum absolute atomic E-state index is 14.4. The number of anilines is 1. The molecule has 3 aromatic heterocycles. The molecule has 2 atom stereocenters. The van der Waals surface area contributed by atoms with E-state index in [1.165, 1.54) is 11.3 Å². The van der Waals surface area contributed by atoms with Crippen LogP contribution in [0.1, 0.15) is 35.8 Å². The molecule has 0 saturated carbocycles. The van der Waals surface area contributed by atoms with E-state index in [0.717, 1.165) is 60.3 Å². The molecule has 2 aliphatic rings. The van der Waals surface area contributed by atoms with E-state index in [1.54, 1.807) is 27.2 Å². The fourth-order valence-electron chi connectivity index (χ4n) is 6.43. The lowest BCUT2D eigenvalue weighted by molar-refractivity contribution is -0.118. The molecule has 2 N–H and O–H groups in total. The number of imidazole rings is 1. The minimum absolute atomic E-state index is 0.185. The molecule has 1 fully saturated rings. The summed E-state index contributed by atoms with van der Waals surface area (Å²) in [6.07, 6.45) is 6.23. The summed E-state index contributed by atoms with van der Waals surface area (Å²) in [5.41, 5.74) is 4.39. The molecule has 0 radical (unpaired) electrons. The third-order valence-corrected chi connectivity index (χ3v) is 10.1. The Morgan fingerprint density at radius 3 is 2.78 bits per heavy atom. The number of carbonyl (C=O) groups excluding carboxylic acids is 1. The van der Waals surface area contributed by atoms with Crippen LogP contribution < -0.4 is 10.1 Å². The molecular weight excluding hydrogens is 629 g/mol. The molecule has 0 bridgehead atoms. The molecule has 10 nitrogen and oxygen atoms in total. The van der Waals surface area contributed by atoms with Crippen molar-refractivity contribution in [3.05, 3.63) is 76.4 Å². The summed E-state index contributed by atoms with van der Waals surface area (Å²) in [6, 6.07) is 8.93. The number of thiazole rings is 1. The molecule has 1 amide bonds. The highest BCUT2D eigenvalue weighted by molar-refractivity contribution is 7.13. The number of ether oxygens (including phenoxy) is 1. The summed E-state index contributed by atoms with van der Waals surface area (Å²) in [7, 11) is 0. The fourth-order valence-corrected chi connectivity index (χ4v) is 7.27. The molecule has 0 unspecified atom stereocenters. The van der Waals surface area contributed by atoms with Gasteiger partial charge in [-0.25, -0.2) is 14.4 Å². The van der Waals surface area contributed by atoms with Gasteiger partial charge in [0, 0.05) is 54.0 Å². The van der Waals surface area contributed by atoms with Gasteiger partial charge in [0.1, 0.15) is 24.0 Å². The first-order valence-electron chi connectivity index (χ1n) is 15.5. The van der Waals surface area contributed by atoms with Crippen molar-refractivity contribution in [1.82, 2.24) is 29.2 Å². The van der Waals surface area contributed by atoms with E-state index in [0.29, 0.717) is 39.6 Å². The van der Waals surface area contributed by atoms with Crippen LogP contribution in [0.4, 0.5) is 9.52 Å². The van der Waals surface area contributed by atoms with Crippen LogP contribution in [0.25, 0.3) is 22.0 Å². The zero-order valence-corrected chi connectivity index (χ0v) is 27.0. The normalized spacial score (nSPS) is 17.8. The van der Waals surface area contributed by atoms with Gasteiger partial charge in [-0.05, 0) is 68.1 Å². The van der Waals surface area contributed by atoms with Gasteiger partial charge in [-0.15, -0.1) is 11.3 Å². The van der Waals surface area contributed by atoms with Crippen LogP contribution in [-0.2, 0) is 17.8 Å². The maximum atomic E-state index is 14.4. The van der Waals surface area contributed by atoms with Crippen molar-refractivity contribution in [3.8, 4) is 16.9 Å². The predicted octanol–water partition coefficient (Wildman–Crippen LogP) is 5.52. The molecular formula is C33H35ClFN7O3S. The number of carbonyl (C=O) groups is 1. The Morgan fingerprint density at radius 2 is 2.04 bits per heavy atom. The Morgan fingerprint density at radius 1 is 1.24 bits per heavy atom. The second-order valence-electron chi connectivity index (χ2n) is 12.0. The second kappa shape index (κ2) is 13.1. The number of amides is 1. The predicted molar refractivity (Wildman–Crippen MR) is 176 cm³/mol. The van der Waals surface area contributed by atoms with Crippen molar-refractivity contribution in [2.75, 3.05) is 38.2 Å². The van der Waals surface area contributed by atoms with Crippen LogP contribution in [0.3, 0.4) is 0 Å². The number of nitrogens with zero attached hydrogens (tertiary/aromatic N) is 6. The topological polar surface area (TPSA) is 110 Å². The Bertz CT molecular complexity index is 1830. The molecule has 5 aromatic rings. The van der Waals surface area contributed by atoms with Gasteiger partial charge < -0.3 is 14.4 Å². The molecule has 2 aromatic carbocycles. The van der Waals surface area contributed by atoms with E-state index >= 15 is 0 Å². The van der Waals surface area contributed by atoms with Crippen molar-refractivity contribution < 1.29 is 19.0 Å². The smallest absolute Gasteiger partial charge is 0.257 e. The van der Waals surface area contributed by atoms with Crippen LogP contribution in [0, 0.1) is 12.8 Å². The molecule has 240 valence electrons. The fraction of sp³-hybridized carbons (Fsp3) is 0.394. The molecule has 0 aliphatic carbocycles. The number of likely N-dealkylation sites (tertiary alicyclic amines) is 1. The van der Waals surface area contributed by atoms with Gasteiger partial charge in [-0.2, -0.15) is 5.10 Å². The van der Waals surface area contributed by atoms with E-state index < -0.39 is 12.2 Å². The number of benzene rings is 2. The van der Waals surface area contributed by atoms with Gasteiger partial charge in [0.05, 0.1) is 23.6 Å². The Balaban J connectivity index is 1.13. The number of aliphatic hydroxyl groups is 1. The number of piperidine rings is 1. The quantitative estimate of drug-likeness (QED) is 0.202. The Labute approximate surface area is 274 Å². The number of fused-ring (bicyclic) bond motifs is 2. The van der Waals surface area contributed by atoms with Crippen LogP contribution >= 0.6 is 22.9 Å². The average molecular weight is 664 g/mol. The molecule has 1 saturated heterocycles. The maximum Gasteiger partial charge on any atom is 0.257 e. The zero-order chi connectivity index (χ0) is 31.8. The monoisotopic (exact) mass is 663 g/mol. The van der Waals surface area contributed by atoms with Crippen molar-refractivity contribution >= 4 is 44.9 Å². The first-order valence-corrected chi connectivity index (χ1v) is 16.8. The van der Waals surface area contributed by atoms with Crippen molar-refractivity contribution in [2.24, 2.45) is 5.92 Å². The second-order valence-corrected chi connectivity index (χ2v) is 13.3. The van der Waals surface area contributed by atoms with Crippen molar-refractivity contribution in [1.29, 1.82) is 0 Å². The number of hydrogen-bond donors (Lipinski definition) is 2. The summed E-state index contributed by atoms with van der Waals surface area (Å²) in [4.78, 5) is 24.9. The Hall–Kier alpha value is -3.84. The molecule has 13 heteroatoms. The summed E-state index contributed by atoms with van der Waals surface area (Å²) >= 11 is 8.33. The van der Waals surface area contributed by atoms with Gasteiger partial charge in [-0.1, -0.05) is 23.7 Å². The van der Waals surface area contributed by atoms with Crippen LogP contribution in [0.2, 0.25) is 5.02 Å². The zero-order valence-electron chi connectivity index (χ0n) is 25.4. The van der Waals surface area contributed by atoms with Gasteiger partial charge in [-0.3, -0.25) is 19.7 Å². The molecule has 46 heavy (non-hydrogen) atoms. The molecule has 5 heterocycles. The highest BCUT2D eigenvalue weighted by Gasteiger charge is 2.34. The number of nitrogens with one attached hydrogen (secondary N) is 1. The van der Waals surface area contributed by atoms with Crippen LogP contribution in [0.15, 0.2) is 54.4 Å². The molecule has 7 rings (SSSR count). The highest BCUT2D eigenvalue weighted by Crippen LogP contribution is 2.38. The Kier molecular flexibility index (Phi) is 8.78.